The van der Waals surface area contributed by atoms with Crippen LogP contribution in [-0.4, -0.2) is 34.3 Å². The van der Waals surface area contributed by atoms with Gasteiger partial charge in [-0.05, 0) is 98.5 Å². The van der Waals surface area contributed by atoms with Crippen LogP contribution >= 0.6 is 0 Å². The van der Waals surface area contributed by atoms with Crippen LogP contribution in [0.4, 0.5) is 0 Å². The molecule has 0 unspecified atom stereocenters. The fourth-order valence-electron chi connectivity index (χ4n) is 8.42. The van der Waals surface area contributed by atoms with Gasteiger partial charge in [-0.3, -0.25) is 0 Å². The zero-order valence-corrected chi connectivity index (χ0v) is 31.6. The maximum atomic E-state index is 10.1. The van der Waals surface area contributed by atoms with E-state index in [1.807, 2.05) is 133 Å². The van der Waals surface area contributed by atoms with E-state index in [0.29, 0.717) is 10.9 Å². The van der Waals surface area contributed by atoms with E-state index in [4.69, 9.17) is 0 Å². The minimum Gasteiger partial charge on any atom is -0.423 e. The van der Waals surface area contributed by atoms with E-state index in [0.717, 1.165) is 65.3 Å². The minimum absolute atomic E-state index is 0.556. The summed E-state index contributed by atoms with van der Waals surface area (Å²) in [5.41, 5.74) is 10.3. The average Bonchev–Trinajstić information content (AvgIpc) is 3.28. The molecule has 0 aliphatic carbocycles. The third-order valence-electron chi connectivity index (χ3n) is 11.0. The fourth-order valence-corrected chi connectivity index (χ4v) is 8.42. The van der Waals surface area contributed by atoms with E-state index < -0.39 is 14.2 Å². The largest absolute Gasteiger partial charge is 0.489 e. The summed E-state index contributed by atoms with van der Waals surface area (Å²) in [4.78, 5) is 0. The third-order valence-corrected chi connectivity index (χ3v) is 11.0. The molecule has 0 saturated heterocycles. The molecule has 0 heterocycles. The van der Waals surface area contributed by atoms with Crippen molar-refractivity contribution in [3.05, 3.63) is 206 Å². The highest BCUT2D eigenvalue weighted by atomic mass is 16.4. The first kappa shape index (κ1) is 36.8. The van der Waals surface area contributed by atoms with Crippen LogP contribution in [-0.2, 0) is 0 Å². The van der Waals surface area contributed by atoms with Gasteiger partial charge in [0.05, 0.1) is 0 Å². The number of benzene rings is 10. The topological polar surface area (TPSA) is 80.9 Å². The van der Waals surface area contributed by atoms with Crippen LogP contribution in [0.5, 0.6) is 0 Å². The summed E-state index contributed by atoms with van der Waals surface area (Å²) in [6.45, 7) is 0. The Hall–Kier alpha value is -6.79. The Morgan fingerprint density at radius 2 is 0.414 bits per heavy atom. The van der Waals surface area contributed by atoms with Crippen molar-refractivity contribution in [1.29, 1.82) is 0 Å². The maximum Gasteiger partial charge on any atom is 0.489 e. The summed E-state index contributed by atoms with van der Waals surface area (Å²) in [7, 11) is -3.06. The number of hydrogen-bond acceptors (Lipinski definition) is 4. The molecule has 6 heteroatoms. The normalized spacial score (nSPS) is 11.1. The molecule has 4 N–H and O–H groups in total. The highest BCUT2D eigenvalue weighted by molar-refractivity contribution is 6.66. The Bertz CT molecular complexity index is 2720. The van der Waals surface area contributed by atoms with Gasteiger partial charge in [-0.2, -0.15) is 0 Å². The van der Waals surface area contributed by atoms with Crippen LogP contribution in [0.15, 0.2) is 206 Å². The molecule has 0 bridgehead atoms. The highest BCUT2D eigenvalue weighted by Gasteiger charge is 2.23. The van der Waals surface area contributed by atoms with Gasteiger partial charge in [0, 0.05) is 0 Å². The van der Waals surface area contributed by atoms with Crippen molar-refractivity contribution in [2.45, 2.75) is 0 Å². The van der Waals surface area contributed by atoms with Crippen molar-refractivity contribution in [2.75, 3.05) is 0 Å². The monoisotopic (exact) mass is 748 g/mol. The quantitative estimate of drug-likeness (QED) is 0.101. The number of rotatable bonds is 6. The summed E-state index contributed by atoms with van der Waals surface area (Å²) in [5.74, 6) is 0. The van der Waals surface area contributed by atoms with Crippen molar-refractivity contribution < 1.29 is 20.1 Å². The second-order valence-corrected chi connectivity index (χ2v) is 14.4. The molecule has 0 fully saturated rings. The molecular weight excluding hydrogens is 710 g/mol. The lowest BCUT2D eigenvalue weighted by molar-refractivity contribution is 0.425. The molecule has 10 aromatic carbocycles. The first-order chi connectivity index (χ1) is 28.5. The zero-order chi connectivity index (χ0) is 39.6. The molecule has 0 aliphatic rings. The van der Waals surface area contributed by atoms with E-state index in [1.165, 1.54) is 22.3 Å². The lowest BCUT2D eigenvalue weighted by Gasteiger charge is -2.17. The molecular formula is C52H38B2O4. The third kappa shape index (κ3) is 6.85. The summed E-state index contributed by atoms with van der Waals surface area (Å²) < 4.78 is 0. The molecule has 0 aromatic heterocycles. The van der Waals surface area contributed by atoms with Gasteiger partial charge >= 0.3 is 14.2 Å². The molecule has 0 amide bonds. The predicted octanol–water partition coefficient (Wildman–Crippen LogP) is 10.0. The van der Waals surface area contributed by atoms with Gasteiger partial charge in [0.2, 0.25) is 0 Å². The Morgan fingerprint density at radius 1 is 0.207 bits per heavy atom. The van der Waals surface area contributed by atoms with E-state index in [1.54, 1.807) is 0 Å². The summed E-state index contributed by atoms with van der Waals surface area (Å²) >= 11 is 0. The summed E-state index contributed by atoms with van der Waals surface area (Å²) in [6, 6.07) is 69.5. The minimum atomic E-state index is -1.53. The Kier molecular flexibility index (Phi) is 10.2. The molecule has 10 rings (SSSR count). The standard InChI is InChI=1S/2C26H19BO2/c2*28-27(29)26-23-12-6-4-10-21(23)25(22-11-5-7-13-24(22)26)20-16-14-19(15-17-20)18-8-2-1-3-9-18/h2*1-17,28-29H. The van der Waals surface area contributed by atoms with Crippen LogP contribution in [0.2, 0.25) is 0 Å². The van der Waals surface area contributed by atoms with Gasteiger partial charge in [0.25, 0.3) is 0 Å². The van der Waals surface area contributed by atoms with Gasteiger partial charge in [0.1, 0.15) is 0 Å². The van der Waals surface area contributed by atoms with Gasteiger partial charge in [0.15, 0.2) is 0 Å². The molecule has 58 heavy (non-hydrogen) atoms. The summed E-state index contributed by atoms with van der Waals surface area (Å²) in [5, 5.41) is 47.9. The SMILES string of the molecule is OB(O)c1c2ccccc2c(-c2ccc(-c3ccccc3)cc2)c2ccccc12.OB(O)c1c2ccccc2c(-c2ccc(-c3ccccc3)cc2)c2ccccc12. The second kappa shape index (κ2) is 16.0. The van der Waals surface area contributed by atoms with Gasteiger partial charge in [-0.15, -0.1) is 0 Å². The Morgan fingerprint density at radius 3 is 0.672 bits per heavy atom. The van der Waals surface area contributed by atoms with Crippen molar-refractivity contribution in [1.82, 2.24) is 0 Å². The average molecular weight is 748 g/mol. The highest BCUT2D eigenvalue weighted by Crippen LogP contribution is 2.38. The van der Waals surface area contributed by atoms with E-state index in [2.05, 4.69) is 72.8 Å². The van der Waals surface area contributed by atoms with Crippen molar-refractivity contribution >= 4 is 68.3 Å². The van der Waals surface area contributed by atoms with Crippen molar-refractivity contribution in [3.8, 4) is 44.5 Å². The molecule has 276 valence electrons. The van der Waals surface area contributed by atoms with Crippen LogP contribution in [0.1, 0.15) is 0 Å². The van der Waals surface area contributed by atoms with E-state index in [-0.39, 0.29) is 0 Å². The molecule has 0 aliphatic heterocycles. The van der Waals surface area contributed by atoms with E-state index in [9.17, 15) is 20.1 Å². The zero-order valence-electron chi connectivity index (χ0n) is 31.6. The Labute approximate surface area is 337 Å². The van der Waals surface area contributed by atoms with Gasteiger partial charge < -0.3 is 20.1 Å². The van der Waals surface area contributed by atoms with E-state index >= 15 is 0 Å². The predicted molar refractivity (Wildman–Crippen MR) is 244 cm³/mol. The summed E-state index contributed by atoms with van der Waals surface area (Å²) in [6.07, 6.45) is 0. The Balaban J connectivity index is 0.000000150. The molecule has 4 nitrogen and oxygen atoms in total. The molecule has 0 saturated carbocycles. The molecule has 0 spiro atoms. The molecule has 0 radical (unpaired) electrons. The number of fused-ring (bicyclic) bond motifs is 4. The fraction of sp³-hybridized carbons (Fsp3) is 0. The van der Waals surface area contributed by atoms with Crippen molar-refractivity contribution in [3.63, 3.8) is 0 Å². The first-order valence-electron chi connectivity index (χ1n) is 19.4. The van der Waals surface area contributed by atoms with Crippen LogP contribution in [0.3, 0.4) is 0 Å². The first-order valence-corrected chi connectivity index (χ1v) is 19.4. The smallest absolute Gasteiger partial charge is 0.423 e. The van der Waals surface area contributed by atoms with Crippen molar-refractivity contribution in [2.24, 2.45) is 0 Å². The van der Waals surface area contributed by atoms with Crippen LogP contribution < -0.4 is 10.9 Å². The van der Waals surface area contributed by atoms with Crippen LogP contribution in [0.25, 0.3) is 87.6 Å². The van der Waals surface area contributed by atoms with Gasteiger partial charge in [-0.1, -0.05) is 206 Å². The lowest BCUT2D eigenvalue weighted by atomic mass is 9.72. The van der Waals surface area contributed by atoms with Gasteiger partial charge in [-0.25, -0.2) is 0 Å². The molecule has 0 atom stereocenters. The van der Waals surface area contributed by atoms with Crippen LogP contribution in [0, 0.1) is 0 Å². The lowest BCUT2D eigenvalue weighted by Crippen LogP contribution is -2.31. The second-order valence-electron chi connectivity index (χ2n) is 14.4. The maximum absolute atomic E-state index is 10.1. The molecule has 10 aromatic rings. The number of hydrogen-bond donors (Lipinski definition) is 4.